The van der Waals surface area contributed by atoms with Crippen LogP contribution in [-0.2, 0) is 0 Å². The Morgan fingerprint density at radius 2 is 1.71 bits per heavy atom. The van der Waals surface area contributed by atoms with Gasteiger partial charge >= 0.3 is 5.69 Å². The molecule has 3 N–H and O–H groups in total. The second-order valence-corrected chi connectivity index (χ2v) is 7.18. The van der Waals surface area contributed by atoms with Gasteiger partial charge in [-0.1, -0.05) is 34.1 Å². The molecule has 4 rings (SSSR count). The van der Waals surface area contributed by atoms with Crippen LogP contribution >= 0.6 is 15.9 Å². The Balaban J connectivity index is 1.61. The normalized spacial score (nSPS) is 10.5. The van der Waals surface area contributed by atoms with Crippen LogP contribution in [0.5, 0.6) is 0 Å². The minimum Gasteiger partial charge on any atom is -0.332 e. The van der Waals surface area contributed by atoms with Crippen molar-refractivity contribution in [2.24, 2.45) is 0 Å². The van der Waals surface area contributed by atoms with E-state index in [-0.39, 0.29) is 11.6 Å². The summed E-state index contributed by atoms with van der Waals surface area (Å²) in [5.41, 5.74) is 6.05. The lowest BCUT2D eigenvalue weighted by Crippen LogP contribution is -2.30. The molecule has 2 aromatic heterocycles. The Morgan fingerprint density at radius 3 is 2.48 bits per heavy atom. The van der Waals surface area contributed by atoms with Crippen molar-refractivity contribution in [1.82, 2.24) is 20.4 Å². The summed E-state index contributed by atoms with van der Waals surface area (Å²) in [4.78, 5) is 35.7. The second-order valence-electron chi connectivity index (χ2n) is 6.27. The van der Waals surface area contributed by atoms with Gasteiger partial charge in [-0.15, -0.1) is 0 Å². The van der Waals surface area contributed by atoms with Gasteiger partial charge < -0.3 is 5.32 Å². The molecule has 11 heteroatoms. The third kappa shape index (κ3) is 4.41. The summed E-state index contributed by atoms with van der Waals surface area (Å²) >= 11 is 3.30. The third-order valence-corrected chi connectivity index (χ3v) is 4.82. The summed E-state index contributed by atoms with van der Waals surface area (Å²) < 4.78 is 0.821. The molecule has 0 atom stereocenters. The number of carbonyl (C=O) groups excluding carboxylic acids is 1. The molecule has 0 bridgehead atoms. The van der Waals surface area contributed by atoms with Crippen LogP contribution in [0.4, 0.5) is 23.0 Å². The van der Waals surface area contributed by atoms with E-state index < -0.39 is 16.5 Å². The van der Waals surface area contributed by atoms with Gasteiger partial charge in [-0.2, -0.15) is 0 Å². The minimum absolute atomic E-state index is 0.0430. The van der Waals surface area contributed by atoms with Crippen LogP contribution in [-0.4, -0.2) is 25.8 Å². The van der Waals surface area contributed by atoms with Gasteiger partial charge in [-0.05, 0) is 36.4 Å². The molecule has 0 aliphatic carbocycles. The van der Waals surface area contributed by atoms with Gasteiger partial charge in [0.25, 0.3) is 5.91 Å². The number of para-hydroxylation sites is 1. The Bertz CT molecular complexity index is 1280. The van der Waals surface area contributed by atoms with E-state index in [0.717, 1.165) is 16.2 Å². The fourth-order valence-corrected chi connectivity index (χ4v) is 3.12. The Hall–Kier alpha value is -4.12. The highest BCUT2D eigenvalue weighted by molar-refractivity contribution is 9.10. The number of halogens is 1. The quantitative estimate of drug-likeness (QED) is 0.276. The smallest absolute Gasteiger partial charge is 0.332 e. The Morgan fingerprint density at radius 1 is 0.968 bits per heavy atom. The number of nitro groups is 1. The third-order valence-electron chi connectivity index (χ3n) is 4.29. The zero-order valence-electron chi connectivity index (χ0n) is 15.7. The highest BCUT2D eigenvalue weighted by atomic mass is 79.9. The van der Waals surface area contributed by atoms with Gasteiger partial charge in [0.2, 0.25) is 11.6 Å². The number of hydrogen-bond acceptors (Lipinski definition) is 8. The van der Waals surface area contributed by atoms with Crippen molar-refractivity contribution >= 4 is 55.8 Å². The van der Waals surface area contributed by atoms with Crippen LogP contribution in [0.15, 0.2) is 71.6 Å². The fourth-order valence-electron chi connectivity index (χ4n) is 2.86. The molecule has 154 valence electrons. The van der Waals surface area contributed by atoms with Crippen molar-refractivity contribution < 1.29 is 9.72 Å². The van der Waals surface area contributed by atoms with Crippen LogP contribution < -0.4 is 16.2 Å². The number of fused-ring (bicyclic) bond motifs is 1. The summed E-state index contributed by atoms with van der Waals surface area (Å²) in [5, 5.41) is 15.6. The first-order valence-corrected chi connectivity index (χ1v) is 9.74. The molecule has 0 radical (unpaired) electrons. The number of hydrazine groups is 1. The van der Waals surface area contributed by atoms with E-state index in [1.807, 2.05) is 12.1 Å². The van der Waals surface area contributed by atoms with Gasteiger partial charge in [-0.3, -0.25) is 30.7 Å². The molecular weight excluding hydrogens is 466 g/mol. The Kier molecular flexibility index (Phi) is 5.67. The molecule has 0 aliphatic heterocycles. The summed E-state index contributed by atoms with van der Waals surface area (Å²) in [6.45, 7) is 0. The highest BCUT2D eigenvalue weighted by Gasteiger charge is 2.24. The first-order chi connectivity index (χ1) is 15.0. The van der Waals surface area contributed by atoms with Gasteiger partial charge in [0.1, 0.15) is 6.33 Å². The molecule has 0 unspecified atom stereocenters. The molecule has 1 amide bonds. The Labute approximate surface area is 184 Å². The van der Waals surface area contributed by atoms with Gasteiger partial charge in [0, 0.05) is 21.6 Å². The van der Waals surface area contributed by atoms with Crippen molar-refractivity contribution in [2.75, 3.05) is 10.7 Å². The maximum atomic E-state index is 12.3. The van der Waals surface area contributed by atoms with Crippen LogP contribution in [0, 0.1) is 10.1 Å². The predicted octanol–water partition coefficient (Wildman–Crippen LogP) is 4.20. The second kappa shape index (κ2) is 8.71. The summed E-state index contributed by atoms with van der Waals surface area (Å²) in [6.07, 6.45) is 2.79. The molecule has 0 saturated heterocycles. The average molecular weight is 480 g/mol. The standard InChI is InChI=1S/C20H14BrN7O3/c21-14-8-6-13(7-9-14)20(29)27-26-19-17(28(30)31)18(23-11-24-19)25-15-5-1-3-12-4-2-10-22-16(12)15/h1-11H,(H,27,29)(H2,23,24,25,26). The maximum Gasteiger partial charge on any atom is 0.355 e. The number of nitrogens with zero attached hydrogens (tertiary/aromatic N) is 4. The molecule has 4 aromatic rings. The van der Waals surface area contributed by atoms with Crippen molar-refractivity contribution in [3.63, 3.8) is 0 Å². The lowest BCUT2D eigenvalue weighted by molar-refractivity contribution is -0.383. The molecule has 0 aliphatic rings. The van der Waals surface area contributed by atoms with Crippen LogP contribution in [0.25, 0.3) is 10.9 Å². The van der Waals surface area contributed by atoms with E-state index in [1.165, 1.54) is 0 Å². The van der Waals surface area contributed by atoms with Crippen molar-refractivity contribution in [1.29, 1.82) is 0 Å². The SMILES string of the molecule is O=C(NNc1ncnc(Nc2cccc3cccnc23)c1[N+](=O)[O-])c1ccc(Br)cc1. The molecule has 0 spiro atoms. The number of aromatic nitrogens is 3. The largest absolute Gasteiger partial charge is 0.355 e. The molecule has 0 fully saturated rings. The molecular formula is C20H14BrN7O3. The van der Waals surface area contributed by atoms with Crippen molar-refractivity contribution in [2.45, 2.75) is 0 Å². The lowest BCUT2D eigenvalue weighted by Gasteiger charge is -2.12. The topological polar surface area (TPSA) is 135 Å². The van der Waals surface area contributed by atoms with E-state index in [1.54, 1.807) is 48.7 Å². The van der Waals surface area contributed by atoms with E-state index in [4.69, 9.17) is 0 Å². The summed E-state index contributed by atoms with van der Waals surface area (Å²) in [7, 11) is 0. The van der Waals surface area contributed by atoms with Crippen LogP contribution in [0.3, 0.4) is 0 Å². The van der Waals surface area contributed by atoms with Crippen LogP contribution in [0.1, 0.15) is 10.4 Å². The lowest BCUT2D eigenvalue weighted by atomic mass is 10.2. The number of anilines is 3. The summed E-state index contributed by atoms with van der Waals surface area (Å²) in [5.74, 6) is -0.687. The van der Waals surface area contributed by atoms with Gasteiger partial charge in [0.15, 0.2) is 0 Å². The predicted molar refractivity (Wildman–Crippen MR) is 119 cm³/mol. The monoisotopic (exact) mass is 479 g/mol. The molecule has 31 heavy (non-hydrogen) atoms. The zero-order chi connectivity index (χ0) is 21.8. The minimum atomic E-state index is -0.630. The first kappa shape index (κ1) is 20.2. The van der Waals surface area contributed by atoms with E-state index in [0.29, 0.717) is 16.8 Å². The van der Waals surface area contributed by atoms with Crippen molar-refractivity contribution in [3.8, 4) is 0 Å². The number of amides is 1. The van der Waals surface area contributed by atoms with Gasteiger partial charge in [0.05, 0.1) is 16.1 Å². The number of rotatable bonds is 6. The number of carbonyl (C=O) groups is 1. The zero-order valence-corrected chi connectivity index (χ0v) is 17.3. The number of pyridine rings is 1. The highest BCUT2D eigenvalue weighted by Crippen LogP contribution is 2.32. The van der Waals surface area contributed by atoms with E-state index in [2.05, 4.69) is 47.1 Å². The molecule has 2 aromatic carbocycles. The number of nitrogens with one attached hydrogen (secondary N) is 3. The molecule has 10 nitrogen and oxygen atoms in total. The van der Waals surface area contributed by atoms with E-state index >= 15 is 0 Å². The van der Waals surface area contributed by atoms with E-state index in [9.17, 15) is 14.9 Å². The van der Waals surface area contributed by atoms with Crippen LogP contribution in [0.2, 0.25) is 0 Å². The first-order valence-electron chi connectivity index (χ1n) is 8.95. The average Bonchev–Trinajstić information content (AvgIpc) is 2.78. The van der Waals surface area contributed by atoms with Crippen molar-refractivity contribution in [3.05, 3.63) is 87.3 Å². The summed E-state index contributed by atoms with van der Waals surface area (Å²) in [6, 6.07) is 15.7. The van der Waals surface area contributed by atoms with Gasteiger partial charge in [-0.25, -0.2) is 9.97 Å². The molecule has 0 saturated carbocycles. The maximum absolute atomic E-state index is 12.3. The molecule has 2 heterocycles. The number of hydrogen-bond donors (Lipinski definition) is 3. The fraction of sp³-hybridized carbons (Fsp3) is 0. The number of benzene rings is 2.